The minimum Gasteiger partial charge on any atom is -0.394 e. The molecule has 4 nitrogen and oxygen atoms in total. The molecular weight excluding hydrogens is 244 g/mol. The van der Waals surface area contributed by atoms with Crippen LogP contribution in [0.2, 0.25) is 0 Å². The molecule has 0 fully saturated rings. The number of ether oxygens (including phenoxy) is 2. The minimum atomic E-state index is -0.445. The highest BCUT2D eigenvalue weighted by molar-refractivity contribution is 4.47. The van der Waals surface area contributed by atoms with E-state index in [2.05, 4.69) is 27.7 Å². The first-order chi connectivity index (χ1) is 8.79. The van der Waals surface area contributed by atoms with Gasteiger partial charge in [-0.2, -0.15) is 0 Å². The van der Waals surface area contributed by atoms with Crippen LogP contribution >= 0.6 is 0 Å². The molecule has 0 spiro atoms. The van der Waals surface area contributed by atoms with Gasteiger partial charge in [0.1, 0.15) is 0 Å². The molecule has 2 unspecified atom stereocenters. The molecule has 0 bridgehead atoms. The number of hydrogen-bond acceptors (Lipinski definition) is 4. The summed E-state index contributed by atoms with van der Waals surface area (Å²) < 4.78 is 10.4. The first-order valence-electron chi connectivity index (χ1n) is 7.27. The van der Waals surface area contributed by atoms with Crippen LogP contribution in [0, 0.1) is 11.8 Å². The van der Waals surface area contributed by atoms with Crippen molar-refractivity contribution in [1.29, 1.82) is 0 Å². The van der Waals surface area contributed by atoms with Crippen LogP contribution in [-0.4, -0.2) is 48.8 Å². The molecule has 0 aliphatic heterocycles. The Hall–Kier alpha value is -0.160. The normalized spacial score (nSPS) is 14.2. The lowest BCUT2D eigenvalue weighted by Gasteiger charge is -2.10. The molecule has 2 atom stereocenters. The highest BCUT2D eigenvalue weighted by Crippen LogP contribution is 2.00. The summed E-state index contributed by atoms with van der Waals surface area (Å²) in [5.74, 6) is 1.44. The van der Waals surface area contributed by atoms with E-state index in [0.29, 0.717) is 12.5 Å². The van der Waals surface area contributed by atoms with Crippen molar-refractivity contribution in [2.75, 3.05) is 26.4 Å². The van der Waals surface area contributed by atoms with Crippen LogP contribution in [-0.2, 0) is 9.47 Å². The van der Waals surface area contributed by atoms with E-state index in [4.69, 9.17) is 19.7 Å². The van der Waals surface area contributed by atoms with Crippen LogP contribution < -0.4 is 0 Å². The second-order valence-electron chi connectivity index (χ2n) is 5.83. The van der Waals surface area contributed by atoms with Gasteiger partial charge in [0.15, 0.2) is 0 Å². The fourth-order valence-corrected chi connectivity index (χ4v) is 0.994. The molecule has 2 N–H and O–H groups in total. The summed E-state index contributed by atoms with van der Waals surface area (Å²) in [6.45, 7) is 14.3. The van der Waals surface area contributed by atoms with Gasteiger partial charge in [-0.1, -0.05) is 27.7 Å². The standard InChI is InChI=1S/C9H20O.C6H14O3/c1-8(2)5-6-10-7-9(3)4;1-5(8)4-9-6(2)3-7/h8-9H,5-7H2,1-4H3;5-8H,3-4H2,1-2H3. The predicted octanol–water partition coefficient (Wildman–Crippen LogP) is 2.47. The second-order valence-corrected chi connectivity index (χ2v) is 5.83. The van der Waals surface area contributed by atoms with Gasteiger partial charge in [-0.05, 0) is 32.1 Å². The summed E-state index contributed by atoms with van der Waals surface area (Å²) in [6.07, 6.45) is 0.575. The molecule has 0 aromatic heterocycles. The molecule has 0 rings (SSSR count). The fourth-order valence-electron chi connectivity index (χ4n) is 0.994. The smallest absolute Gasteiger partial charge is 0.0779 e. The molecular formula is C15H34O4. The Morgan fingerprint density at radius 3 is 1.84 bits per heavy atom. The van der Waals surface area contributed by atoms with Gasteiger partial charge in [-0.25, -0.2) is 0 Å². The summed E-state index contributed by atoms with van der Waals surface area (Å²) in [6, 6.07) is 0. The van der Waals surface area contributed by atoms with Crippen molar-refractivity contribution < 1.29 is 19.7 Å². The second kappa shape index (κ2) is 14.3. The molecule has 118 valence electrons. The first kappa shape index (κ1) is 21.1. The van der Waals surface area contributed by atoms with Crippen molar-refractivity contribution in [2.45, 2.75) is 60.2 Å². The van der Waals surface area contributed by atoms with Crippen LogP contribution in [0.4, 0.5) is 0 Å². The van der Waals surface area contributed by atoms with Gasteiger partial charge in [0.25, 0.3) is 0 Å². The topological polar surface area (TPSA) is 58.9 Å². The van der Waals surface area contributed by atoms with E-state index in [1.807, 2.05) is 0 Å². The summed E-state index contributed by atoms with van der Waals surface area (Å²) in [4.78, 5) is 0. The van der Waals surface area contributed by atoms with E-state index in [0.717, 1.165) is 19.1 Å². The Morgan fingerprint density at radius 1 is 0.895 bits per heavy atom. The van der Waals surface area contributed by atoms with E-state index >= 15 is 0 Å². The van der Waals surface area contributed by atoms with Gasteiger partial charge in [-0.3, -0.25) is 0 Å². The van der Waals surface area contributed by atoms with Crippen LogP contribution in [0.5, 0.6) is 0 Å². The van der Waals surface area contributed by atoms with E-state index in [1.54, 1.807) is 13.8 Å². The molecule has 0 radical (unpaired) electrons. The Bertz CT molecular complexity index is 160. The number of aliphatic hydroxyl groups excluding tert-OH is 2. The lowest BCUT2D eigenvalue weighted by atomic mass is 10.1. The van der Waals surface area contributed by atoms with Crippen molar-refractivity contribution in [2.24, 2.45) is 11.8 Å². The Labute approximate surface area is 119 Å². The van der Waals surface area contributed by atoms with Gasteiger partial charge >= 0.3 is 0 Å². The SMILES string of the molecule is CC(C)CCOCC(C)C.CC(O)COC(C)CO. The van der Waals surface area contributed by atoms with Gasteiger partial charge < -0.3 is 19.7 Å². The van der Waals surface area contributed by atoms with Crippen molar-refractivity contribution in [3.8, 4) is 0 Å². The maximum atomic E-state index is 8.69. The first-order valence-corrected chi connectivity index (χ1v) is 7.27. The van der Waals surface area contributed by atoms with Gasteiger partial charge in [0, 0.05) is 13.2 Å². The number of hydrogen-bond donors (Lipinski definition) is 2. The summed E-state index contributed by atoms with van der Waals surface area (Å²) in [5, 5.41) is 17.1. The third kappa shape index (κ3) is 23.4. The number of aliphatic hydroxyl groups is 2. The summed E-state index contributed by atoms with van der Waals surface area (Å²) in [5.41, 5.74) is 0. The largest absolute Gasteiger partial charge is 0.394 e. The van der Waals surface area contributed by atoms with Crippen molar-refractivity contribution in [1.82, 2.24) is 0 Å². The molecule has 4 heteroatoms. The molecule has 19 heavy (non-hydrogen) atoms. The van der Waals surface area contributed by atoms with Gasteiger partial charge in [0.2, 0.25) is 0 Å². The lowest BCUT2D eigenvalue weighted by molar-refractivity contribution is -0.0177. The van der Waals surface area contributed by atoms with Crippen molar-refractivity contribution in [3.05, 3.63) is 0 Å². The van der Waals surface area contributed by atoms with E-state index < -0.39 is 6.10 Å². The molecule has 0 saturated heterocycles. The molecule has 0 amide bonds. The van der Waals surface area contributed by atoms with Gasteiger partial charge in [-0.15, -0.1) is 0 Å². The van der Waals surface area contributed by atoms with Crippen molar-refractivity contribution >= 4 is 0 Å². The lowest BCUT2D eigenvalue weighted by Crippen LogP contribution is -2.19. The predicted molar refractivity (Wildman–Crippen MR) is 79.3 cm³/mol. The Balaban J connectivity index is 0. The molecule has 0 saturated carbocycles. The number of rotatable bonds is 9. The average molecular weight is 278 g/mol. The highest BCUT2D eigenvalue weighted by Gasteiger charge is 2.00. The zero-order valence-electron chi connectivity index (χ0n) is 13.6. The van der Waals surface area contributed by atoms with Crippen LogP contribution in [0.3, 0.4) is 0 Å². The zero-order valence-corrected chi connectivity index (χ0v) is 13.6. The minimum absolute atomic E-state index is 0.00667. The van der Waals surface area contributed by atoms with E-state index in [9.17, 15) is 0 Å². The third-order valence-electron chi connectivity index (χ3n) is 2.17. The van der Waals surface area contributed by atoms with Crippen LogP contribution in [0.25, 0.3) is 0 Å². The fraction of sp³-hybridized carbons (Fsp3) is 1.00. The molecule has 0 aromatic carbocycles. The van der Waals surface area contributed by atoms with Gasteiger partial charge in [0.05, 0.1) is 25.4 Å². The molecule has 0 aliphatic rings. The van der Waals surface area contributed by atoms with Crippen LogP contribution in [0.1, 0.15) is 48.0 Å². The average Bonchev–Trinajstić information content (AvgIpc) is 2.32. The highest BCUT2D eigenvalue weighted by atomic mass is 16.5. The Kier molecular flexibility index (Phi) is 15.9. The summed E-state index contributed by atoms with van der Waals surface area (Å²) >= 11 is 0. The van der Waals surface area contributed by atoms with Crippen LogP contribution in [0.15, 0.2) is 0 Å². The molecule has 0 aliphatic carbocycles. The zero-order chi connectivity index (χ0) is 15.3. The van der Waals surface area contributed by atoms with E-state index in [-0.39, 0.29) is 12.7 Å². The molecule has 0 heterocycles. The maximum Gasteiger partial charge on any atom is 0.0779 e. The third-order valence-corrected chi connectivity index (χ3v) is 2.17. The molecule has 0 aromatic rings. The Morgan fingerprint density at radius 2 is 1.47 bits per heavy atom. The maximum absolute atomic E-state index is 8.69. The summed E-state index contributed by atoms with van der Waals surface area (Å²) in [7, 11) is 0. The monoisotopic (exact) mass is 278 g/mol. The van der Waals surface area contributed by atoms with E-state index in [1.165, 1.54) is 6.42 Å². The van der Waals surface area contributed by atoms with Crippen molar-refractivity contribution in [3.63, 3.8) is 0 Å². The quantitative estimate of drug-likeness (QED) is 0.636.